The smallest absolute Gasteiger partial charge is 0.153 e. The van der Waals surface area contributed by atoms with Crippen molar-refractivity contribution >= 4 is 31.8 Å². The predicted molar refractivity (Wildman–Crippen MR) is 61.2 cm³/mol. The molecule has 16 heavy (non-hydrogen) atoms. The van der Waals surface area contributed by atoms with Crippen LogP contribution in [0.2, 0.25) is 0 Å². The second-order valence-electron chi connectivity index (χ2n) is 5.36. The molecule has 4 nitrogen and oxygen atoms in total. The van der Waals surface area contributed by atoms with Crippen molar-refractivity contribution < 1.29 is 17.8 Å². The average molecular weight is 310 g/mol. The van der Waals surface area contributed by atoms with Gasteiger partial charge in [0.05, 0.1) is 14.9 Å². The quantitative estimate of drug-likeness (QED) is 0.569. The van der Waals surface area contributed by atoms with Gasteiger partial charge in [-0.25, -0.2) is 8.42 Å². The third kappa shape index (κ3) is 1.42. The van der Waals surface area contributed by atoms with E-state index in [1.807, 2.05) is 0 Å². The minimum Gasteiger partial charge on any atom is -0.748 e. The fourth-order valence-electron chi connectivity index (χ4n) is 3.45. The van der Waals surface area contributed by atoms with Crippen LogP contribution >= 0.6 is 15.9 Å². The van der Waals surface area contributed by atoms with E-state index in [4.69, 9.17) is 0 Å². The van der Waals surface area contributed by atoms with Crippen LogP contribution in [0.4, 0.5) is 0 Å². The van der Waals surface area contributed by atoms with Gasteiger partial charge in [-0.05, 0) is 24.2 Å². The second kappa shape index (κ2) is 3.29. The highest BCUT2D eigenvalue weighted by Crippen LogP contribution is 2.65. The summed E-state index contributed by atoms with van der Waals surface area (Å²) < 4.78 is 33.0. The average Bonchev–Trinajstić information content (AvgIpc) is 2.40. The van der Waals surface area contributed by atoms with Crippen LogP contribution in [0.5, 0.6) is 0 Å². The molecule has 92 valence electrons. The van der Waals surface area contributed by atoms with Crippen LogP contribution in [0.15, 0.2) is 0 Å². The monoisotopic (exact) mass is 309 g/mol. The zero-order chi connectivity index (χ0) is 12.4. The van der Waals surface area contributed by atoms with E-state index in [1.54, 1.807) is 13.8 Å². The van der Waals surface area contributed by atoms with Crippen LogP contribution in [0, 0.1) is 16.7 Å². The van der Waals surface area contributed by atoms with E-state index in [-0.39, 0.29) is 16.5 Å². The van der Waals surface area contributed by atoms with E-state index in [0.717, 1.165) is 6.42 Å². The van der Waals surface area contributed by atoms with Crippen molar-refractivity contribution in [3.63, 3.8) is 0 Å². The second-order valence-corrected chi connectivity index (χ2v) is 7.75. The Labute approximate surface area is 104 Å². The summed E-state index contributed by atoms with van der Waals surface area (Å²) in [5.74, 6) is -0.418. The minimum atomic E-state index is -4.30. The van der Waals surface area contributed by atoms with E-state index in [0.29, 0.717) is 6.42 Å². The highest BCUT2D eigenvalue weighted by atomic mass is 79.9. The lowest BCUT2D eigenvalue weighted by molar-refractivity contribution is -0.127. The number of carbonyl (C=O) groups excluding carboxylic acids is 1. The van der Waals surface area contributed by atoms with Gasteiger partial charge in [-0.2, -0.15) is 0 Å². The number of carbonyl (C=O) groups is 1. The molecule has 6 heteroatoms. The van der Waals surface area contributed by atoms with Crippen LogP contribution in [-0.2, 0) is 14.9 Å². The first-order valence-corrected chi connectivity index (χ1v) is 7.73. The van der Waals surface area contributed by atoms with Gasteiger partial charge in [0.15, 0.2) is 5.78 Å². The van der Waals surface area contributed by atoms with Crippen molar-refractivity contribution in [2.24, 2.45) is 16.7 Å². The number of rotatable bonds is 2. The Morgan fingerprint density at radius 1 is 1.50 bits per heavy atom. The Morgan fingerprint density at radius 3 is 2.44 bits per heavy atom. The Bertz CT molecular complexity index is 446. The number of fused-ring (bicyclic) bond motifs is 2. The number of ketones is 1. The third-order valence-corrected chi connectivity index (χ3v) is 6.67. The van der Waals surface area contributed by atoms with Gasteiger partial charge in [0.2, 0.25) is 0 Å². The molecule has 0 amide bonds. The van der Waals surface area contributed by atoms with Gasteiger partial charge in [0, 0.05) is 11.2 Å². The first-order valence-electron chi connectivity index (χ1n) is 5.24. The van der Waals surface area contributed by atoms with Crippen LogP contribution in [0.25, 0.3) is 0 Å². The molecule has 0 aliphatic heterocycles. The molecule has 2 fully saturated rings. The van der Waals surface area contributed by atoms with Crippen molar-refractivity contribution in [3.05, 3.63) is 0 Å². The molecule has 2 aliphatic rings. The largest absolute Gasteiger partial charge is 0.748 e. The molecule has 2 bridgehead atoms. The fraction of sp³-hybridized carbons (Fsp3) is 0.900. The molecule has 4 atom stereocenters. The highest BCUT2D eigenvalue weighted by molar-refractivity contribution is 9.10. The molecule has 0 aromatic heterocycles. The molecule has 0 radical (unpaired) electrons. The first-order chi connectivity index (χ1) is 7.12. The predicted octanol–water partition coefficient (Wildman–Crippen LogP) is 1.30. The van der Waals surface area contributed by atoms with Gasteiger partial charge in [0.25, 0.3) is 0 Å². The van der Waals surface area contributed by atoms with Crippen molar-refractivity contribution in [2.75, 3.05) is 5.75 Å². The summed E-state index contributed by atoms with van der Waals surface area (Å²) in [5, 5.41) is 0. The van der Waals surface area contributed by atoms with E-state index in [9.17, 15) is 17.8 Å². The van der Waals surface area contributed by atoms with Crippen LogP contribution in [0.1, 0.15) is 26.7 Å². The SMILES string of the molecule is C[C@]1(CS(=O)(=O)[O-])[C@H]2CC[C@]1(C)C(=O)[C@@H]2Br. The van der Waals surface area contributed by atoms with Gasteiger partial charge < -0.3 is 4.55 Å². The molecular weight excluding hydrogens is 296 g/mol. The topological polar surface area (TPSA) is 74.3 Å². The molecule has 2 rings (SSSR count). The van der Waals surface area contributed by atoms with Crippen LogP contribution in [-0.4, -0.2) is 29.3 Å². The van der Waals surface area contributed by atoms with Crippen molar-refractivity contribution in [1.29, 1.82) is 0 Å². The first kappa shape index (κ1) is 12.5. The number of hydrogen-bond acceptors (Lipinski definition) is 4. The van der Waals surface area contributed by atoms with Crippen LogP contribution in [0.3, 0.4) is 0 Å². The molecule has 0 spiro atoms. The normalized spacial score (nSPS) is 47.6. The Hall–Kier alpha value is 0.0600. The summed E-state index contributed by atoms with van der Waals surface area (Å²) in [6.07, 6.45) is 1.49. The highest BCUT2D eigenvalue weighted by Gasteiger charge is 2.68. The van der Waals surface area contributed by atoms with E-state index in [2.05, 4.69) is 15.9 Å². The van der Waals surface area contributed by atoms with Gasteiger partial charge in [-0.1, -0.05) is 29.8 Å². The number of halogens is 1. The fourth-order valence-corrected chi connectivity index (χ4v) is 6.07. The van der Waals surface area contributed by atoms with Crippen molar-refractivity contribution in [1.82, 2.24) is 0 Å². The summed E-state index contributed by atoms with van der Waals surface area (Å²) in [7, 11) is -4.30. The summed E-state index contributed by atoms with van der Waals surface area (Å²) in [4.78, 5) is 11.8. The molecule has 0 heterocycles. The summed E-state index contributed by atoms with van der Waals surface area (Å²) in [6, 6.07) is 0. The summed E-state index contributed by atoms with van der Waals surface area (Å²) >= 11 is 3.33. The zero-order valence-electron chi connectivity index (χ0n) is 9.20. The van der Waals surface area contributed by atoms with Crippen molar-refractivity contribution in [3.8, 4) is 0 Å². The standard InChI is InChI=1S/C10H15BrO4S/c1-9-4-3-6(7(11)8(9)12)10(9,2)5-16(13,14)15/h6-7H,3-5H2,1-2H3,(H,13,14,15)/p-1/t6-,7+,9+,10-/m0/s1. The summed E-state index contributed by atoms with van der Waals surface area (Å²) in [5.41, 5.74) is -1.37. The Kier molecular flexibility index (Phi) is 2.58. The molecule has 2 aliphatic carbocycles. The third-order valence-electron chi connectivity index (χ3n) is 4.66. The van der Waals surface area contributed by atoms with Gasteiger partial charge >= 0.3 is 0 Å². The van der Waals surface area contributed by atoms with Gasteiger partial charge in [-0.15, -0.1) is 0 Å². The molecular formula is C10H14BrO4S-. The Morgan fingerprint density at radius 2 is 2.06 bits per heavy atom. The molecule has 0 aromatic rings. The van der Waals surface area contributed by atoms with Gasteiger partial charge in [-0.3, -0.25) is 4.79 Å². The number of alkyl halides is 1. The lowest BCUT2D eigenvalue weighted by Gasteiger charge is -2.37. The van der Waals surface area contributed by atoms with Crippen molar-refractivity contribution in [2.45, 2.75) is 31.5 Å². The Balaban J connectivity index is 2.47. The maximum Gasteiger partial charge on any atom is 0.153 e. The van der Waals surface area contributed by atoms with E-state index in [1.165, 1.54) is 0 Å². The lowest BCUT2D eigenvalue weighted by Crippen LogP contribution is -2.40. The zero-order valence-corrected chi connectivity index (χ0v) is 11.6. The summed E-state index contributed by atoms with van der Waals surface area (Å²) in [6.45, 7) is 3.56. The van der Waals surface area contributed by atoms with E-state index >= 15 is 0 Å². The molecule has 0 unspecified atom stereocenters. The molecule has 0 aromatic carbocycles. The molecule has 0 N–H and O–H groups in total. The minimum absolute atomic E-state index is 0.0336. The molecule has 2 saturated carbocycles. The van der Waals surface area contributed by atoms with Gasteiger partial charge in [0.1, 0.15) is 0 Å². The molecule has 0 saturated heterocycles. The number of hydrogen-bond donors (Lipinski definition) is 0. The van der Waals surface area contributed by atoms with Crippen LogP contribution < -0.4 is 0 Å². The van der Waals surface area contributed by atoms with E-state index < -0.39 is 26.7 Å². The maximum atomic E-state index is 12.0. The lowest BCUT2D eigenvalue weighted by atomic mass is 9.70. The number of Topliss-reactive ketones (excluding diaryl/α,β-unsaturated/α-hetero) is 1. The maximum absolute atomic E-state index is 12.0.